The average Bonchev–Trinajstić information content (AvgIpc) is 2.75. The van der Waals surface area contributed by atoms with Gasteiger partial charge in [-0.05, 0) is 40.3 Å². The molecule has 0 radical (unpaired) electrons. The monoisotopic (exact) mass is 289 g/mol. The number of hydrogen-bond acceptors (Lipinski definition) is 4. The lowest BCUT2D eigenvalue weighted by Crippen LogP contribution is -2.38. The van der Waals surface area contributed by atoms with E-state index in [1.54, 1.807) is 0 Å². The Balaban J connectivity index is 2.19. The molecule has 0 spiro atoms. The van der Waals surface area contributed by atoms with E-state index in [2.05, 4.69) is 9.97 Å². The molecular formula is C13H18F3N3O. The predicted molar refractivity (Wildman–Crippen MR) is 67.5 cm³/mol. The summed E-state index contributed by atoms with van der Waals surface area (Å²) in [5.41, 5.74) is -0.959. The van der Waals surface area contributed by atoms with Crippen LogP contribution < -0.4 is 4.74 Å². The Hall–Kier alpha value is -1.37. The maximum Gasteiger partial charge on any atom is 0.433 e. The van der Waals surface area contributed by atoms with E-state index in [4.69, 9.17) is 4.74 Å². The van der Waals surface area contributed by atoms with Crippen LogP contribution in [0.25, 0.3) is 0 Å². The van der Waals surface area contributed by atoms with Gasteiger partial charge in [-0.15, -0.1) is 0 Å². The zero-order valence-electron chi connectivity index (χ0n) is 11.7. The van der Waals surface area contributed by atoms with Gasteiger partial charge in [-0.25, -0.2) is 4.98 Å². The second-order valence-electron chi connectivity index (χ2n) is 5.25. The van der Waals surface area contributed by atoms with Gasteiger partial charge in [0.1, 0.15) is 11.9 Å². The summed E-state index contributed by atoms with van der Waals surface area (Å²) in [6.07, 6.45) is -1.80. The fourth-order valence-corrected chi connectivity index (χ4v) is 2.54. The number of ether oxygens (including phenoxy) is 1. The number of halogens is 3. The van der Waals surface area contributed by atoms with Crippen molar-refractivity contribution >= 4 is 0 Å². The zero-order valence-corrected chi connectivity index (χ0v) is 11.7. The van der Waals surface area contributed by atoms with Crippen LogP contribution in [0.5, 0.6) is 5.88 Å². The molecule has 0 amide bonds. The van der Waals surface area contributed by atoms with Crippen molar-refractivity contribution in [2.75, 3.05) is 14.1 Å². The fraction of sp³-hybridized carbons (Fsp3) is 0.692. The third-order valence-corrected chi connectivity index (χ3v) is 3.46. The van der Waals surface area contributed by atoms with E-state index in [9.17, 15) is 13.2 Å². The Morgan fingerprint density at radius 2 is 1.95 bits per heavy atom. The Morgan fingerprint density at radius 1 is 1.25 bits per heavy atom. The summed E-state index contributed by atoms with van der Waals surface area (Å²) < 4.78 is 43.8. The molecule has 0 N–H and O–H groups in total. The maximum absolute atomic E-state index is 12.7. The predicted octanol–water partition coefficient (Wildman–Crippen LogP) is 2.67. The minimum atomic E-state index is -4.48. The lowest BCUT2D eigenvalue weighted by Gasteiger charge is -2.26. The van der Waals surface area contributed by atoms with Gasteiger partial charge in [0, 0.05) is 12.1 Å². The molecule has 0 aromatic carbocycles. The van der Waals surface area contributed by atoms with Crippen molar-refractivity contribution < 1.29 is 17.9 Å². The van der Waals surface area contributed by atoms with E-state index >= 15 is 0 Å². The molecule has 1 saturated carbocycles. The lowest BCUT2D eigenvalue weighted by atomic mass is 10.2. The maximum atomic E-state index is 12.7. The number of aryl methyl sites for hydroxylation is 1. The van der Waals surface area contributed by atoms with Crippen LogP contribution in [0, 0.1) is 6.92 Å². The van der Waals surface area contributed by atoms with E-state index in [0.29, 0.717) is 0 Å². The Bertz CT molecular complexity index is 476. The molecule has 4 nitrogen and oxygen atoms in total. The van der Waals surface area contributed by atoms with Crippen molar-refractivity contribution in [1.82, 2.24) is 14.9 Å². The number of hydrogen-bond donors (Lipinski definition) is 0. The molecule has 0 saturated heterocycles. The highest BCUT2D eigenvalue weighted by molar-refractivity contribution is 5.19. The Morgan fingerprint density at radius 3 is 2.55 bits per heavy atom. The molecule has 2 unspecified atom stereocenters. The quantitative estimate of drug-likeness (QED) is 0.857. The van der Waals surface area contributed by atoms with Gasteiger partial charge in [-0.3, -0.25) is 0 Å². The number of aromatic nitrogens is 2. The van der Waals surface area contributed by atoms with E-state index < -0.39 is 11.9 Å². The summed E-state index contributed by atoms with van der Waals surface area (Å²) in [5, 5.41) is 0. The molecule has 2 rings (SSSR count). The molecule has 1 aromatic heterocycles. The van der Waals surface area contributed by atoms with Crippen LogP contribution in [-0.4, -0.2) is 41.1 Å². The van der Waals surface area contributed by atoms with Gasteiger partial charge in [0.05, 0.1) is 0 Å². The standard InChI is InChI=1S/C13H18F3N3O/c1-8-17-11(13(14,15)16)7-12(18-8)20-10-6-4-5-9(10)19(2)3/h7,9-10H,4-6H2,1-3H3. The third-order valence-electron chi connectivity index (χ3n) is 3.46. The molecule has 112 valence electrons. The first-order chi connectivity index (χ1) is 9.27. The molecule has 1 aliphatic carbocycles. The van der Waals surface area contributed by atoms with Gasteiger partial charge in [0.25, 0.3) is 0 Å². The molecule has 1 heterocycles. The highest BCUT2D eigenvalue weighted by atomic mass is 19.4. The second kappa shape index (κ2) is 5.55. The Kier molecular flexibility index (Phi) is 4.17. The van der Waals surface area contributed by atoms with Crippen molar-refractivity contribution in [3.63, 3.8) is 0 Å². The van der Waals surface area contributed by atoms with Gasteiger partial charge < -0.3 is 9.64 Å². The largest absolute Gasteiger partial charge is 0.473 e. The van der Waals surface area contributed by atoms with E-state index in [0.717, 1.165) is 25.3 Å². The molecule has 1 aliphatic rings. The normalized spacial score (nSPS) is 23.4. The molecular weight excluding hydrogens is 271 g/mol. The number of likely N-dealkylation sites (N-methyl/N-ethyl adjacent to an activating group) is 1. The van der Waals surface area contributed by atoms with Gasteiger partial charge in [0.15, 0.2) is 5.69 Å². The van der Waals surface area contributed by atoms with Crippen LogP contribution in [0.2, 0.25) is 0 Å². The lowest BCUT2D eigenvalue weighted by molar-refractivity contribution is -0.141. The van der Waals surface area contributed by atoms with Crippen molar-refractivity contribution in [3.05, 3.63) is 17.6 Å². The van der Waals surface area contributed by atoms with Crippen molar-refractivity contribution in [3.8, 4) is 5.88 Å². The average molecular weight is 289 g/mol. The minimum absolute atomic E-state index is 0.00331. The molecule has 0 aliphatic heterocycles. The van der Waals surface area contributed by atoms with Gasteiger partial charge in [-0.1, -0.05) is 0 Å². The molecule has 2 atom stereocenters. The first-order valence-electron chi connectivity index (χ1n) is 6.53. The SMILES string of the molecule is Cc1nc(OC2CCCC2N(C)C)cc(C(F)(F)F)n1. The first-order valence-corrected chi connectivity index (χ1v) is 6.53. The van der Waals surface area contributed by atoms with Gasteiger partial charge in [0.2, 0.25) is 5.88 Å². The van der Waals surface area contributed by atoms with Crippen molar-refractivity contribution in [2.24, 2.45) is 0 Å². The molecule has 1 aromatic rings. The first kappa shape index (κ1) is 15.0. The molecule has 20 heavy (non-hydrogen) atoms. The molecule has 0 bridgehead atoms. The second-order valence-corrected chi connectivity index (χ2v) is 5.25. The summed E-state index contributed by atoms with van der Waals surface area (Å²) in [6, 6.07) is 1.08. The smallest absolute Gasteiger partial charge is 0.433 e. The van der Waals surface area contributed by atoms with E-state index in [1.807, 2.05) is 19.0 Å². The number of nitrogens with zero attached hydrogens (tertiary/aromatic N) is 3. The van der Waals surface area contributed by atoms with Crippen molar-refractivity contribution in [2.45, 2.75) is 44.5 Å². The van der Waals surface area contributed by atoms with E-state index in [-0.39, 0.29) is 23.9 Å². The van der Waals surface area contributed by atoms with Crippen LogP contribution in [0.3, 0.4) is 0 Å². The van der Waals surface area contributed by atoms with Crippen LogP contribution in [0.4, 0.5) is 13.2 Å². The topological polar surface area (TPSA) is 38.2 Å². The highest BCUT2D eigenvalue weighted by Crippen LogP contribution is 2.31. The molecule has 1 fully saturated rings. The van der Waals surface area contributed by atoms with E-state index in [1.165, 1.54) is 6.92 Å². The van der Waals surface area contributed by atoms with Crippen LogP contribution in [0.15, 0.2) is 6.07 Å². The summed E-state index contributed by atoms with van der Waals surface area (Å²) in [5.74, 6) is 0.0674. The van der Waals surface area contributed by atoms with Crippen LogP contribution in [0.1, 0.15) is 30.8 Å². The molecule has 7 heteroatoms. The minimum Gasteiger partial charge on any atom is -0.473 e. The summed E-state index contributed by atoms with van der Waals surface area (Å²) in [7, 11) is 3.89. The summed E-state index contributed by atoms with van der Waals surface area (Å²) >= 11 is 0. The fourth-order valence-electron chi connectivity index (χ4n) is 2.54. The Labute approximate surface area is 116 Å². The number of rotatable bonds is 3. The zero-order chi connectivity index (χ0) is 14.9. The van der Waals surface area contributed by atoms with Gasteiger partial charge in [-0.2, -0.15) is 18.2 Å². The van der Waals surface area contributed by atoms with Crippen molar-refractivity contribution in [1.29, 1.82) is 0 Å². The summed E-state index contributed by atoms with van der Waals surface area (Å²) in [6.45, 7) is 1.43. The van der Waals surface area contributed by atoms with Crippen LogP contribution >= 0.6 is 0 Å². The summed E-state index contributed by atoms with van der Waals surface area (Å²) in [4.78, 5) is 9.40. The third kappa shape index (κ3) is 3.39. The van der Waals surface area contributed by atoms with Crippen LogP contribution in [-0.2, 0) is 6.18 Å². The number of alkyl halides is 3. The van der Waals surface area contributed by atoms with Gasteiger partial charge >= 0.3 is 6.18 Å². The highest BCUT2D eigenvalue weighted by Gasteiger charge is 2.35.